The first-order valence-corrected chi connectivity index (χ1v) is 13.8. The van der Waals surface area contributed by atoms with Crippen LogP contribution in [0.5, 0.6) is 0 Å². The Hall–Kier alpha value is -3.98. The monoisotopic (exact) mass is 492 g/mol. The van der Waals surface area contributed by atoms with Crippen molar-refractivity contribution < 1.29 is 0 Å². The third-order valence-electron chi connectivity index (χ3n) is 7.27. The lowest BCUT2D eigenvalue weighted by Crippen LogP contribution is -1.89. The van der Waals surface area contributed by atoms with Gasteiger partial charge in [-0.2, -0.15) is 0 Å². The van der Waals surface area contributed by atoms with E-state index in [0.717, 1.165) is 0 Å². The molecular formula is C34H20S2. The van der Waals surface area contributed by atoms with Crippen LogP contribution in [0.25, 0.3) is 73.4 Å². The highest BCUT2D eigenvalue weighted by molar-refractivity contribution is 7.23. The minimum absolute atomic E-state index is 1.31. The number of fused-ring (bicyclic) bond motifs is 8. The number of thiophene rings is 2. The fourth-order valence-electron chi connectivity index (χ4n) is 5.68. The average Bonchev–Trinajstić information content (AvgIpc) is 3.57. The van der Waals surface area contributed by atoms with Crippen molar-refractivity contribution in [3.8, 4) is 20.9 Å². The first-order valence-electron chi connectivity index (χ1n) is 12.2. The predicted octanol–water partition coefficient (Wildman–Crippen LogP) is 10.9. The van der Waals surface area contributed by atoms with Gasteiger partial charge in [0.2, 0.25) is 0 Å². The molecule has 2 aromatic heterocycles. The Bertz CT molecular complexity index is 2000. The summed E-state index contributed by atoms with van der Waals surface area (Å²) in [7, 11) is 0. The minimum atomic E-state index is 1.31. The Morgan fingerprint density at radius 1 is 0.389 bits per heavy atom. The summed E-state index contributed by atoms with van der Waals surface area (Å²) in [6.45, 7) is 0. The lowest BCUT2D eigenvalue weighted by molar-refractivity contribution is 1.75. The molecule has 0 bridgehead atoms. The highest BCUT2D eigenvalue weighted by Crippen LogP contribution is 2.49. The number of rotatable bonds is 2. The Labute approximate surface area is 216 Å². The highest BCUT2D eigenvalue weighted by atomic mass is 32.1. The van der Waals surface area contributed by atoms with Gasteiger partial charge in [-0.15, -0.1) is 22.7 Å². The van der Waals surface area contributed by atoms with Crippen molar-refractivity contribution in [2.75, 3.05) is 0 Å². The van der Waals surface area contributed by atoms with Gasteiger partial charge in [0, 0.05) is 30.3 Å². The zero-order chi connectivity index (χ0) is 23.6. The van der Waals surface area contributed by atoms with E-state index in [2.05, 4.69) is 121 Å². The van der Waals surface area contributed by atoms with Gasteiger partial charge in [-0.25, -0.2) is 0 Å². The van der Waals surface area contributed by atoms with Crippen LogP contribution < -0.4 is 0 Å². The number of benzene rings is 6. The fourth-order valence-corrected chi connectivity index (χ4v) is 7.90. The summed E-state index contributed by atoms with van der Waals surface area (Å²) in [5.41, 5.74) is 2.66. The van der Waals surface area contributed by atoms with Crippen molar-refractivity contribution in [2.45, 2.75) is 0 Å². The Kier molecular flexibility index (Phi) is 4.36. The van der Waals surface area contributed by atoms with Crippen LogP contribution in [-0.4, -0.2) is 0 Å². The van der Waals surface area contributed by atoms with Crippen molar-refractivity contribution in [3.05, 3.63) is 121 Å². The molecule has 0 nitrogen and oxygen atoms in total. The first-order chi connectivity index (χ1) is 17.8. The molecule has 0 saturated heterocycles. The van der Waals surface area contributed by atoms with Gasteiger partial charge in [0.15, 0.2) is 0 Å². The fraction of sp³-hybridized carbons (Fsp3) is 0. The van der Waals surface area contributed by atoms with E-state index in [-0.39, 0.29) is 0 Å². The summed E-state index contributed by atoms with van der Waals surface area (Å²) in [5, 5.41) is 10.6. The lowest BCUT2D eigenvalue weighted by Gasteiger charge is -2.16. The van der Waals surface area contributed by atoms with Crippen LogP contribution in [0.2, 0.25) is 0 Å². The second-order valence-electron chi connectivity index (χ2n) is 9.30. The Morgan fingerprint density at radius 3 is 1.50 bits per heavy atom. The third kappa shape index (κ3) is 2.92. The molecule has 0 amide bonds. The standard InChI is InChI=1S/C34H20S2/c1-7-15-29-21(9-1)19-31(35-29)28-18-17-27-25-13-4-3-11-23(25)24-12-5-6-14-26(24)33(27)34(28)32-20-22-10-2-8-16-30(22)36-32/h1-20H. The molecule has 2 heterocycles. The van der Waals surface area contributed by atoms with Gasteiger partial charge < -0.3 is 0 Å². The van der Waals surface area contributed by atoms with Crippen LogP contribution in [0.4, 0.5) is 0 Å². The molecule has 0 aliphatic heterocycles. The van der Waals surface area contributed by atoms with Crippen molar-refractivity contribution in [3.63, 3.8) is 0 Å². The predicted molar refractivity (Wildman–Crippen MR) is 161 cm³/mol. The van der Waals surface area contributed by atoms with Crippen LogP contribution in [0, 0.1) is 0 Å². The van der Waals surface area contributed by atoms with Gasteiger partial charge in [0.1, 0.15) is 0 Å². The van der Waals surface area contributed by atoms with Crippen LogP contribution >= 0.6 is 22.7 Å². The largest absolute Gasteiger partial charge is 0.135 e. The van der Waals surface area contributed by atoms with E-state index >= 15 is 0 Å². The summed E-state index contributed by atoms with van der Waals surface area (Å²) in [6.07, 6.45) is 0. The maximum Gasteiger partial charge on any atom is 0.0368 e. The molecule has 8 rings (SSSR count). The summed E-state index contributed by atoms with van der Waals surface area (Å²) in [5.74, 6) is 0. The molecule has 6 aromatic carbocycles. The normalized spacial score (nSPS) is 11.9. The SMILES string of the molecule is c1ccc2sc(-c3ccc4c5ccccc5c5ccccc5c4c3-c3cc4ccccc4s3)cc2c1. The van der Waals surface area contributed by atoms with Crippen molar-refractivity contribution in [1.82, 2.24) is 0 Å². The quantitative estimate of drug-likeness (QED) is 0.211. The molecule has 0 N–H and O–H groups in total. The van der Waals surface area contributed by atoms with Gasteiger partial charge in [-0.1, -0.05) is 97.1 Å². The van der Waals surface area contributed by atoms with Crippen molar-refractivity contribution >= 4 is 75.2 Å². The molecular weight excluding hydrogens is 473 g/mol. The number of hydrogen-bond donors (Lipinski definition) is 0. The molecule has 0 fully saturated rings. The summed E-state index contributed by atoms with van der Waals surface area (Å²) >= 11 is 3.79. The van der Waals surface area contributed by atoms with Gasteiger partial charge in [-0.05, 0) is 67.4 Å². The maximum absolute atomic E-state index is 2.38. The van der Waals surface area contributed by atoms with Crippen molar-refractivity contribution in [1.29, 1.82) is 0 Å². The molecule has 0 saturated carbocycles. The molecule has 0 unspecified atom stereocenters. The zero-order valence-corrected chi connectivity index (χ0v) is 21.0. The summed E-state index contributed by atoms with van der Waals surface area (Å²) in [4.78, 5) is 2.65. The topological polar surface area (TPSA) is 0 Å². The average molecular weight is 493 g/mol. The molecule has 0 aliphatic rings. The summed E-state index contributed by atoms with van der Waals surface area (Å²) in [6, 6.07) is 44.7. The first kappa shape index (κ1) is 20.2. The summed E-state index contributed by atoms with van der Waals surface area (Å²) < 4.78 is 2.66. The van der Waals surface area contributed by atoms with E-state index in [0.29, 0.717) is 0 Å². The molecule has 168 valence electrons. The van der Waals surface area contributed by atoms with E-state index < -0.39 is 0 Å². The van der Waals surface area contributed by atoms with Crippen LogP contribution in [0.3, 0.4) is 0 Å². The van der Waals surface area contributed by atoms with Gasteiger partial charge >= 0.3 is 0 Å². The molecule has 0 aliphatic carbocycles. The van der Waals surface area contributed by atoms with E-state index in [1.54, 1.807) is 0 Å². The molecule has 36 heavy (non-hydrogen) atoms. The van der Waals surface area contributed by atoms with Crippen molar-refractivity contribution in [2.24, 2.45) is 0 Å². The van der Waals surface area contributed by atoms with Crippen LogP contribution in [0.1, 0.15) is 0 Å². The lowest BCUT2D eigenvalue weighted by atomic mass is 9.88. The van der Waals surface area contributed by atoms with E-state index in [1.165, 1.54) is 73.4 Å². The zero-order valence-electron chi connectivity index (χ0n) is 19.4. The van der Waals surface area contributed by atoms with Crippen LogP contribution in [-0.2, 0) is 0 Å². The van der Waals surface area contributed by atoms with Crippen LogP contribution in [0.15, 0.2) is 121 Å². The molecule has 0 radical (unpaired) electrons. The van der Waals surface area contributed by atoms with Gasteiger partial charge in [-0.3, -0.25) is 0 Å². The smallest absolute Gasteiger partial charge is 0.0368 e. The Balaban J connectivity index is 1.60. The number of hydrogen-bond acceptors (Lipinski definition) is 2. The minimum Gasteiger partial charge on any atom is -0.135 e. The third-order valence-corrected chi connectivity index (χ3v) is 9.56. The van der Waals surface area contributed by atoms with E-state index in [4.69, 9.17) is 0 Å². The Morgan fingerprint density at radius 2 is 0.861 bits per heavy atom. The highest BCUT2D eigenvalue weighted by Gasteiger charge is 2.20. The van der Waals surface area contributed by atoms with E-state index in [1.807, 2.05) is 22.7 Å². The van der Waals surface area contributed by atoms with Gasteiger partial charge in [0.05, 0.1) is 0 Å². The second kappa shape index (κ2) is 7.76. The van der Waals surface area contributed by atoms with E-state index in [9.17, 15) is 0 Å². The molecule has 8 aromatic rings. The maximum atomic E-state index is 2.38. The second-order valence-corrected chi connectivity index (χ2v) is 11.5. The molecule has 0 spiro atoms. The van der Waals surface area contributed by atoms with Gasteiger partial charge in [0.25, 0.3) is 0 Å². The molecule has 0 atom stereocenters. The molecule has 2 heteroatoms.